The van der Waals surface area contributed by atoms with Crippen LogP contribution in [0.1, 0.15) is 26.3 Å². The Kier molecular flexibility index (Phi) is 4.14. The van der Waals surface area contributed by atoms with E-state index in [0.717, 1.165) is 21.9 Å². The van der Waals surface area contributed by atoms with Crippen LogP contribution in [-0.2, 0) is 0 Å². The normalized spacial score (nSPS) is 11.1. The highest BCUT2D eigenvalue weighted by atomic mass is 16.1. The summed E-state index contributed by atoms with van der Waals surface area (Å²) in [4.78, 5) is 32.1. The highest BCUT2D eigenvalue weighted by molar-refractivity contribution is 6.10. The molecular weight excluding hydrogens is 374 g/mol. The number of carbonyl (C=O) groups is 2. The molecule has 5 nitrogen and oxygen atoms in total. The first kappa shape index (κ1) is 17.8. The zero-order valence-corrected chi connectivity index (χ0v) is 15.9. The van der Waals surface area contributed by atoms with E-state index in [9.17, 15) is 9.59 Å². The summed E-state index contributed by atoms with van der Waals surface area (Å²) in [5.41, 5.74) is 9.34. The molecule has 0 aliphatic rings. The first-order valence-corrected chi connectivity index (χ1v) is 9.52. The van der Waals surface area contributed by atoms with Crippen molar-refractivity contribution in [2.75, 3.05) is 0 Å². The molecule has 5 heteroatoms. The Bertz CT molecular complexity index is 1430. The van der Waals surface area contributed by atoms with E-state index in [0.29, 0.717) is 28.0 Å². The Labute approximate surface area is 172 Å². The number of imidazole rings is 1. The van der Waals surface area contributed by atoms with Crippen LogP contribution < -0.4 is 5.73 Å². The van der Waals surface area contributed by atoms with E-state index < -0.39 is 5.91 Å². The fourth-order valence-electron chi connectivity index (χ4n) is 3.57. The standard InChI is InChI=1S/C25H17N3O2/c26-24(30)20-11-12-21-22(14-20)28-25(27-21)17-8-6-16(7-9-17)23(29)19-10-5-15-3-1-2-4-18(15)13-19/h1-14H,(H2,26,30)(H,27,28). The van der Waals surface area contributed by atoms with Crippen LogP contribution in [0.2, 0.25) is 0 Å². The molecule has 5 rings (SSSR count). The summed E-state index contributed by atoms with van der Waals surface area (Å²) >= 11 is 0. The van der Waals surface area contributed by atoms with Crippen molar-refractivity contribution >= 4 is 33.5 Å². The van der Waals surface area contributed by atoms with Crippen molar-refractivity contribution in [2.45, 2.75) is 0 Å². The van der Waals surface area contributed by atoms with Gasteiger partial charge in [-0.3, -0.25) is 9.59 Å². The van der Waals surface area contributed by atoms with Gasteiger partial charge in [-0.15, -0.1) is 0 Å². The van der Waals surface area contributed by atoms with Gasteiger partial charge < -0.3 is 10.7 Å². The summed E-state index contributed by atoms with van der Waals surface area (Å²) in [6.07, 6.45) is 0. The van der Waals surface area contributed by atoms with Gasteiger partial charge in [0.05, 0.1) is 11.0 Å². The van der Waals surface area contributed by atoms with E-state index in [4.69, 9.17) is 5.73 Å². The Morgan fingerprint density at radius 2 is 1.43 bits per heavy atom. The molecule has 0 bridgehead atoms. The second-order valence-electron chi connectivity index (χ2n) is 7.15. The average molecular weight is 391 g/mol. The zero-order valence-electron chi connectivity index (χ0n) is 15.9. The number of primary amides is 1. The minimum Gasteiger partial charge on any atom is -0.366 e. The molecule has 0 fully saturated rings. The number of aromatic amines is 1. The second kappa shape index (κ2) is 6.97. The van der Waals surface area contributed by atoms with Crippen molar-refractivity contribution in [3.63, 3.8) is 0 Å². The van der Waals surface area contributed by atoms with Gasteiger partial charge in [-0.25, -0.2) is 4.98 Å². The quantitative estimate of drug-likeness (QED) is 0.435. The predicted molar refractivity (Wildman–Crippen MR) is 117 cm³/mol. The number of nitrogens with two attached hydrogens (primary N) is 1. The van der Waals surface area contributed by atoms with E-state index in [1.54, 1.807) is 30.3 Å². The number of benzene rings is 4. The zero-order chi connectivity index (χ0) is 20.7. The van der Waals surface area contributed by atoms with Gasteiger partial charge in [0, 0.05) is 22.3 Å². The van der Waals surface area contributed by atoms with Crippen LogP contribution in [0.4, 0.5) is 0 Å². The minimum atomic E-state index is -0.488. The molecule has 4 aromatic carbocycles. The van der Waals surface area contributed by atoms with Crippen LogP contribution in [0.15, 0.2) is 84.9 Å². The van der Waals surface area contributed by atoms with Crippen LogP contribution in [0.5, 0.6) is 0 Å². The van der Waals surface area contributed by atoms with E-state index in [2.05, 4.69) is 9.97 Å². The summed E-state index contributed by atoms with van der Waals surface area (Å²) in [5.74, 6) is 0.150. The van der Waals surface area contributed by atoms with Crippen molar-refractivity contribution in [1.82, 2.24) is 9.97 Å². The second-order valence-corrected chi connectivity index (χ2v) is 7.15. The lowest BCUT2D eigenvalue weighted by molar-refractivity contribution is 0.0998. The van der Waals surface area contributed by atoms with Crippen LogP contribution in [0, 0.1) is 0 Å². The lowest BCUT2D eigenvalue weighted by Crippen LogP contribution is -2.10. The lowest BCUT2D eigenvalue weighted by atomic mass is 9.99. The summed E-state index contributed by atoms with van der Waals surface area (Å²) in [5, 5.41) is 2.14. The average Bonchev–Trinajstić information content (AvgIpc) is 3.22. The number of amides is 1. The number of ketones is 1. The van der Waals surface area contributed by atoms with E-state index in [1.165, 1.54) is 0 Å². The highest BCUT2D eigenvalue weighted by Crippen LogP contribution is 2.23. The molecule has 0 aliphatic heterocycles. The number of nitrogens with one attached hydrogen (secondary N) is 1. The van der Waals surface area contributed by atoms with Gasteiger partial charge in [0.1, 0.15) is 5.82 Å². The molecule has 1 heterocycles. The van der Waals surface area contributed by atoms with Crippen molar-refractivity contribution in [3.8, 4) is 11.4 Å². The van der Waals surface area contributed by atoms with Crippen LogP contribution >= 0.6 is 0 Å². The van der Waals surface area contributed by atoms with Gasteiger partial charge >= 0.3 is 0 Å². The maximum Gasteiger partial charge on any atom is 0.248 e. The Balaban J connectivity index is 1.45. The molecule has 0 aliphatic carbocycles. The minimum absolute atomic E-state index is 0.0250. The third kappa shape index (κ3) is 3.12. The fourth-order valence-corrected chi connectivity index (χ4v) is 3.57. The van der Waals surface area contributed by atoms with Gasteiger partial charge in [-0.1, -0.05) is 60.7 Å². The summed E-state index contributed by atoms with van der Waals surface area (Å²) in [6.45, 7) is 0. The molecule has 0 radical (unpaired) electrons. The fraction of sp³-hybridized carbons (Fsp3) is 0. The molecule has 3 N–H and O–H groups in total. The van der Waals surface area contributed by atoms with Crippen LogP contribution in [0.3, 0.4) is 0 Å². The van der Waals surface area contributed by atoms with Gasteiger partial charge in [-0.05, 0) is 35.0 Å². The van der Waals surface area contributed by atoms with Crippen molar-refractivity contribution in [1.29, 1.82) is 0 Å². The first-order valence-electron chi connectivity index (χ1n) is 9.52. The smallest absolute Gasteiger partial charge is 0.248 e. The van der Waals surface area contributed by atoms with E-state index >= 15 is 0 Å². The Hall–Kier alpha value is -4.25. The molecule has 144 valence electrons. The largest absolute Gasteiger partial charge is 0.366 e. The van der Waals surface area contributed by atoms with Gasteiger partial charge in [-0.2, -0.15) is 0 Å². The lowest BCUT2D eigenvalue weighted by Gasteiger charge is -2.04. The number of fused-ring (bicyclic) bond motifs is 2. The first-order chi connectivity index (χ1) is 14.6. The summed E-state index contributed by atoms with van der Waals surface area (Å²) in [7, 11) is 0. The molecule has 0 unspecified atom stereocenters. The number of hydrogen-bond donors (Lipinski definition) is 2. The Morgan fingerprint density at radius 3 is 2.20 bits per heavy atom. The number of hydrogen-bond acceptors (Lipinski definition) is 3. The molecule has 5 aromatic rings. The van der Waals surface area contributed by atoms with Crippen molar-refractivity contribution < 1.29 is 9.59 Å². The maximum atomic E-state index is 12.9. The van der Waals surface area contributed by atoms with Gasteiger partial charge in [0.2, 0.25) is 5.91 Å². The van der Waals surface area contributed by atoms with E-state index in [1.807, 2.05) is 54.6 Å². The molecule has 0 saturated carbocycles. The topological polar surface area (TPSA) is 88.8 Å². The third-order valence-electron chi connectivity index (χ3n) is 5.20. The SMILES string of the molecule is NC(=O)c1ccc2[nH]c(-c3ccc(C(=O)c4ccc5ccccc5c4)cc3)nc2c1. The molecular formula is C25H17N3O2. The number of nitrogens with zero attached hydrogens (tertiary/aromatic N) is 1. The van der Waals surface area contributed by atoms with E-state index in [-0.39, 0.29) is 5.78 Å². The molecule has 1 aromatic heterocycles. The van der Waals surface area contributed by atoms with Gasteiger partial charge in [0.25, 0.3) is 0 Å². The third-order valence-corrected chi connectivity index (χ3v) is 5.20. The predicted octanol–water partition coefficient (Wildman–Crippen LogP) is 4.71. The van der Waals surface area contributed by atoms with Crippen LogP contribution in [-0.4, -0.2) is 21.7 Å². The Morgan fingerprint density at radius 1 is 0.733 bits per heavy atom. The molecule has 30 heavy (non-hydrogen) atoms. The van der Waals surface area contributed by atoms with Crippen molar-refractivity contribution in [2.24, 2.45) is 5.73 Å². The molecule has 0 atom stereocenters. The number of rotatable bonds is 4. The summed E-state index contributed by atoms with van der Waals surface area (Å²) < 4.78 is 0. The highest BCUT2D eigenvalue weighted by Gasteiger charge is 2.12. The number of aromatic nitrogens is 2. The van der Waals surface area contributed by atoms with Gasteiger partial charge in [0.15, 0.2) is 5.78 Å². The summed E-state index contributed by atoms with van der Waals surface area (Å²) in [6, 6.07) is 26.1. The maximum absolute atomic E-state index is 12.9. The number of H-pyrrole nitrogens is 1. The monoisotopic (exact) mass is 391 g/mol. The van der Waals surface area contributed by atoms with Crippen LogP contribution in [0.25, 0.3) is 33.2 Å². The number of carbonyl (C=O) groups excluding carboxylic acids is 2. The molecule has 0 saturated heterocycles. The van der Waals surface area contributed by atoms with Crippen molar-refractivity contribution in [3.05, 3.63) is 102 Å². The molecule has 1 amide bonds. The molecule has 0 spiro atoms.